The lowest BCUT2D eigenvalue weighted by molar-refractivity contribution is -0.134. The molecule has 5 heteroatoms. The van der Waals surface area contributed by atoms with Crippen LogP contribution in [-0.2, 0) is 16.1 Å². The van der Waals surface area contributed by atoms with Gasteiger partial charge in [-0.2, -0.15) is 0 Å². The van der Waals surface area contributed by atoms with Crippen LogP contribution in [0.3, 0.4) is 0 Å². The van der Waals surface area contributed by atoms with Crippen LogP contribution >= 0.6 is 0 Å². The Labute approximate surface area is 119 Å². The smallest absolute Gasteiger partial charge is 0.248 e. The monoisotopic (exact) mass is 275 g/mol. The summed E-state index contributed by atoms with van der Waals surface area (Å²) in [4.78, 5) is 20.6. The van der Waals surface area contributed by atoms with Gasteiger partial charge in [0.15, 0.2) is 0 Å². The molecule has 5 nitrogen and oxygen atoms in total. The summed E-state index contributed by atoms with van der Waals surface area (Å²) in [5.41, 5.74) is 1.12. The second-order valence-electron chi connectivity index (χ2n) is 5.77. The average Bonchev–Trinajstić information content (AvgIpc) is 2.98. The first kappa shape index (κ1) is 13.5. The largest absolute Gasteiger partial charge is 0.375 e. The number of carbonyl (C=O) groups is 1. The van der Waals surface area contributed by atoms with Gasteiger partial charge >= 0.3 is 0 Å². The van der Waals surface area contributed by atoms with E-state index >= 15 is 0 Å². The second-order valence-corrected chi connectivity index (χ2v) is 5.77. The molecule has 20 heavy (non-hydrogen) atoms. The Hall–Kier alpha value is -1.46. The minimum atomic E-state index is 0.123. The van der Waals surface area contributed by atoms with Crippen LogP contribution < -0.4 is 0 Å². The number of likely N-dealkylation sites (tertiary alicyclic amines) is 2. The van der Waals surface area contributed by atoms with E-state index in [1.54, 1.807) is 7.11 Å². The first-order valence-corrected chi connectivity index (χ1v) is 7.15. The molecule has 1 aromatic heterocycles. The Morgan fingerprint density at radius 2 is 2.05 bits per heavy atom. The summed E-state index contributed by atoms with van der Waals surface area (Å²) in [7, 11) is 1.57. The number of pyridine rings is 1. The fraction of sp³-hybridized carbons (Fsp3) is 0.600. The third-order valence-electron chi connectivity index (χ3n) is 4.29. The molecule has 0 aromatic carbocycles. The van der Waals surface area contributed by atoms with Crippen LogP contribution in [0.25, 0.3) is 0 Å². The summed E-state index contributed by atoms with van der Waals surface area (Å²) in [6.07, 6.45) is 1.84. The van der Waals surface area contributed by atoms with E-state index in [2.05, 4.69) is 16.0 Å². The summed E-state index contributed by atoms with van der Waals surface area (Å²) >= 11 is 0. The molecule has 2 atom stereocenters. The lowest BCUT2D eigenvalue weighted by Crippen LogP contribution is -2.35. The molecule has 0 N–H and O–H groups in total. The van der Waals surface area contributed by atoms with Gasteiger partial charge in [0.05, 0.1) is 5.69 Å². The van der Waals surface area contributed by atoms with Crippen LogP contribution in [0.5, 0.6) is 0 Å². The van der Waals surface area contributed by atoms with Crippen LogP contribution in [0.2, 0.25) is 0 Å². The van der Waals surface area contributed by atoms with Crippen LogP contribution in [0.15, 0.2) is 24.4 Å². The predicted octanol–water partition coefficient (Wildman–Crippen LogP) is 0.618. The number of nitrogens with zero attached hydrogens (tertiary/aromatic N) is 3. The number of methoxy groups -OCH3 is 1. The van der Waals surface area contributed by atoms with Crippen LogP contribution in [0.1, 0.15) is 5.69 Å². The molecule has 0 aliphatic carbocycles. The maximum absolute atomic E-state index is 11.8. The molecule has 0 spiro atoms. The number of rotatable bonds is 4. The Balaban J connectivity index is 1.52. The molecule has 3 heterocycles. The zero-order chi connectivity index (χ0) is 13.9. The third-order valence-corrected chi connectivity index (χ3v) is 4.29. The second kappa shape index (κ2) is 5.89. The lowest BCUT2D eigenvalue weighted by atomic mass is 10.0. The number of aromatic nitrogens is 1. The third kappa shape index (κ3) is 2.83. The summed E-state index contributed by atoms with van der Waals surface area (Å²) in [6, 6.07) is 6.05. The van der Waals surface area contributed by atoms with E-state index in [9.17, 15) is 4.79 Å². The van der Waals surface area contributed by atoms with Crippen LogP contribution in [-0.4, -0.2) is 60.6 Å². The van der Waals surface area contributed by atoms with Gasteiger partial charge in [-0.15, -0.1) is 0 Å². The van der Waals surface area contributed by atoms with Gasteiger partial charge in [-0.25, -0.2) is 0 Å². The number of hydrogen-bond donors (Lipinski definition) is 0. The highest BCUT2D eigenvalue weighted by atomic mass is 16.5. The first-order chi connectivity index (χ1) is 9.76. The molecule has 3 rings (SSSR count). The SMILES string of the molecule is COCC(=O)N1C[C@H]2CN(Cc3ccccn3)C[C@@H]2C1. The van der Waals surface area contributed by atoms with E-state index in [0.717, 1.165) is 38.4 Å². The maximum Gasteiger partial charge on any atom is 0.248 e. The zero-order valence-electron chi connectivity index (χ0n) is 11.9. The normalized spacial score (nSPS) is 25.9. The highest BCUT2D eigenvalue weighted by Gasteiger charge is 2.41. The Kier molecular flexibility index (Phi) is 3.98. The van der Waals surface area contributed by atoms with Crippen molar-refractivity contribution in [2.75, 3.05) is 39.9 Å². The quantitative estimate of drug-likeness (QED) is 0.808. The molecule has 0 saturated carbocycles. The van der Waals surface area contributed by atoms with E-state index in [1.807, 2.05) is 23.2 Å². The average molecular weight is 275 g/mol. The molecule has 0 radical (unpaired) electrons. The fourth-order valence-corrected chi connectivity index (χ4v) is 3.36. The van der Waals surface area contributed by atoms with Crippen molar-refractivity contribution >= 4 is 5.91 Å². The van der Waals surface area contributed by atoms with Crippen LogP contribution in [0, 0.1) is 11.8 Å². The van der Waals surface area contributed by atoms with Gasteiger partial charge in [-0.1, -0.05) is 6.07 Å². The molecule has 0 bridgehead atoms. The molecule has 108 valence electrons. The van der Waals surface area contributed by atoms with E-state index < -0.39 is 0 Å². The summed E-state index contributed by atoms with van der Waals surface area (Å²) < 4.78 is 4.93. The number of carbonyl (C=O) groups excluding carboxylic acids is 1. The van der Waals surface area contributed by atoms with Crippen molar-refractivity contribution in [3.8, 4) is 0 Å². The van der Waals surface area contributed by atoms with E-state index in [4.69, 9.17) is 4.74 Å². The zero-order valence-corrected chi connectivity index (χ0v) is 11.9. The molecule has 2 fully saturated rings. The van der Waals surface area contributed by atoms with E-state index in [-0.39, 0.29) is 12.5 Å². The standard InChI is InChI=1S/C15H21N3O2/c1-20-11-15(19)18-8-12-6-17(7-13(12)9-18)10-14-4-2-3-5-16-14/h2-5,12-13H,6-11H2,1H3/t12-,13-/m1/s1. The maximum atomic E-state index is 11.8. The van der Waals surface area contributed by atoms with Gasteiger partial charge in [-0.05, 0) is 24.0 Å². The molecule has 2 aliphatic rings. The molecule has 2 saturated heterocycles. The fourth-order valence-electron chi connectivity index (χ4n) is 3.36. The Morgan fingerprint density at radius 1 is 1.30 bits per heavy atom. The molecule has 1 aromatic rings. The molecule has 0 unspecified atom stereocenters. The van der Waals surface area contributed by atoms with E-state index in [0.29, 0.717) is 11.8 Å². The van der Waals surface area contributed by atoms with Crippen molar-refractivity contribution in [2.45, 2.75) is 6.54 Å². The molecular formula is C15H21N3O2. The van der Waals surface area contributed by atoms with Gasteiger partial charge in [0.2, 0.25) is 5.91 Å². The van der Waals surface area contributed by atoms with Crippen molar-refractivity contribution in [1.82, 2.24) is 14.8 Å². The minimum absolute atomic E-state index is 0.123. The van der Waals surface area contributed by atoms with Crippen molar-refractivity contribution in [3.63, 3.8) is 0 Å². The van der Waals surface area contributed by atoms with Crippen molar-refractivity contribution in [1.29, 1.82) is 0 Å². The van der Waals surface area contributed by atoms with E-state index in [1.165, 1.54) is 0 Å². The first-order valence-electron chi connectivity index (χ1n) is 7.15. The number of amides is 1. The van der Waals surface area contributed by atoms with Gasteiger partial charge in [0, 0.05) is 46.0 Å². The Bertz CT molecular complexity index is 451. The van der Waals surface area contributed by atoms with Crippen LogP contribution in [0.4, 0.5) is 0 Å². The van der Waals surface area contributed by atoms with Gasteiger partial charge in [-0.3, -0.25) is 14.7 Å². The van der Waals surface area contributed by atoms with Crippen molar-refractivity contribution < 1.29 is 9.53 Å². The van der Waals surface area contributed by atoms with Crippen molar-refractivity contribution in [3.05, 3.63) is 30.1 Å². The Morgan fingerprint density at radius 3 is 2.65 bits per heavy atom. The van der Waals surface area contributed by atoms with Gasteiger partial charge in [0.1, 0.15) is 6.61 Å². The van der Waals surface area contributed by atoms with Gasteiger partial charge < -0.3 is 9.64 Å². The molecule has 2 aliphatic heterocycles. The lowest BCUT2D eigenvalue weighted by Gasteiger charge is -2.21. The summed E-state index contributed by atoms with van der Waals surface area (Å²) in [5, 5.41) is 0. The highest BCUT2D eigenvalue weighted by molar-refractivity contribution is 5.77. The molecular weight excluding hydrogens is 254 g/mol. The number of hydrogen-bond acceptors (Lipinski definition) is 4. The predicted molar refractivity (Wildman–Crippen MR) is 75.0 cm³/mol. The topological polar surface area (TPSA) is 45.7 Å². The van der Waals surface area contributed by atoms with Gasteiger partial charge in [0.25, 0.3) is 0 Å². The molecule has 1 amide bonds. The number of fused-ring (bicyclic) bond motifs is 1. The summed E-state index contributed by atoms with van der Waals surface area (Å²) in [6.45, 7) is 5.02. The van der Waals surface area contributed by atoms with Crippen molar-refractivity contribution in [2.24, 2.45) is 11.8 Å². The highest BCUT2D eigenvalue weighted by Crippen LogP contribution is 2.31. The number of ether oxygens (including phenoxy) is 1. The minimum Gasteiger partial charge on any atom is -0.375 e. The summed E-state index contributed by atoms with van der Waals surface area (Å²) in [5.74, 6) is 1.34.